The highest BCUT2D eigenvalue weighted by atomic mass is 16.7. The van der Waals surface area contributed by atoms with E-state index in [1.807, 2.05) is 0 Å². The van der Waals surface area contributed by atoms with Gasteiger partial charge in [-0.15, -0.1) is 0 Å². The summed E-state index contributed by atoms with van der Waals surface area (Å²) in [5.41, 5.74) is 3.17. The maximum Gasteiger partial charge on any atom is 0.271 e. The van der Waals surface area contributed by atoms with Crippen LogP contribution < -0.4 is 16.3 Å². The van der Waals surface area contributed by atoms with E-state index in [2.05, 4.69) is 10.6 Å². The molecular formula is C10H8N4O2. The number of fused-ring (bicyclic) bond motifs is 1. The highest BCUT2D eigenvalue weighted by Gasteiger charge is 2.11. The molecule has 3 heterocycles. The summed E-state index contributed by atoms with van der Waals surface area (Å²) < 4.78 is 1.46. The van der Waals surface area contributed by atoms with Gasteiger partial charge in [-0.05, 0) is 17.7 Å². The highest BCUT2D eigenvalue weighted by molar-refractivity contribution is 5.77. The van der Waals surface area contributed by atoms with Gasteiger partial charge >= 0.3 is 0 Å². The second kappa shape index (κ2) is 3.35. The second-order valence-corrected chi connectivity index (χ2v) is 3.26. The fraction of sp³-hybridized carbons (Fsp3) is 0. The molecule has 0 spiro atoms. The summed E-state index contributed by atoms with van der Waals surface area (Å²) in [7, 11) is 0. The molecule has 0 radical (unpaired) electrons. The van der Waals surface area contributed by atoms with E-state index in [4.69, 9.17) is 4.84 Å². The van der Waals surface area contributed by atoms with Crippen molar-refractivity contribution in [3.63, 3.8) is 0 Å². The van der Waals surface area contributed by atoms with E-state index in [1.165, 1.54) is 22.1 Å². The Morgan fingerprint density at radius 2 is 2.25 bits per heavy atom. The molecule has 0 atom stereocenters. The highest BCUT2D eigenvalue weighted by Crippen LogP contribution is 2.10. The van der Waals surface area contributed by atoms with Crippen LogP contribution in [0, 0.1) is 0 Å². The summed E-state index contributed by atoms with van der Waals surface area (Å²) >= 11 is 0. The predicted octanol–water partition coefficient (Wildman–Crippen LogP) is 0.255. The predicted molar refractivity (Wildman–Crippen MR) is 57.6 cm³/mol. The molecule has 2 aromatic heterocycles. The molecule has 0 aromatic carbocycles. The fourth-order valence-electron chi connectivity index (χ4n) is 1.60. The van der Waals surface area contributed by atoms with E-state index in [9.17, 15) is 4.79 Å². The van der Waals surface area contributed by atoms with Gasteiger partial charge in [0.15, 0.2) is 0 Å². The smallest absolute Gasteiger partial charge is 0.271 e. The summed E-state index contributed by atoms with van der Waals surface area (Å²) in [5, 5.41) is 2.34. The molecule has 3 rings (SSSR count). The molecule has 1 N–H and O–H groups in total. The van der Waals surface area contributed by atoms with Gasteiger partial charge in [-0.3, -0.25) is 9.78 Å². The molecule has 0 saturated carbocycles. The quantitative estimate of drug-likeness (QED) is 0.740. The number of nitrogens with zero attached hydrogens (tertiary/aromatic N) is 3. The lowest BCUT2D eigenvalue weighted by atomic mass is 10.3. The lowest BCUT2D eigenvalue weighted by Crippen LogP contribution is -2.44. The maximum atomic E-state index is 11.8. The van der Waals surface area contributed by atoms with E-state index in [0.29, 0.717) is 0 Å². The molecule has 80 valence electrons. The number of nitrogens with one attached hydrogen (secondary N) is 1. The SMILES string of the molecule is O=c1ccc2cnccc2n1N1C=CON1. The Bertz CT molecular complexity index is 619. The molecule has 0 bridgehead atoms. The third-order valence-electron chi connectivity index (χ3n) is 2.30. The van der Waals surface area contributed by atoms with Crippen LogP contribution in [0.15, 0.2) is 47.8 Å². The summed E-state index contributed by atoms with van der Waals surface area (Å²) in [6, 6.07) is 4.99. The van der Waals surface area contributed by atoms with Crippen LogP contribution in [0.1, 0.15) is 0 Å². The molecule has 16 heavy (non-hydrogen) atoms. The molecule has 0 unspecified atom stereocenters. The number of pyridine rings is 2. The first kappa shape index (κ1) is 8.93. The van der Waals surface area contributed by atoms with Gasteiger partial charge in [-0.2, -0.15) is 9.79 Å². The van der Waals surface area contributed by atoms with Gasteiger partial charge < -0.3 is 4.84 Å². The first-order chi connectivity index (χ1) is 7.86. The normalized spacial score (nSPS) is 14.4. The monoisotopic (exact) mass is 216 g/mol. The summed E-state index contributed by atoms with van der Waals surface area (Å²) in [4.78, 5) is 20.6. The van der Waals surface area contributed by atoms with E-state index in [-0.39, 0.29) is 5.56 Å². The average molecular weight is 216 g/mol. The van der Waals surface area contributed by atoms with Gasteiger partial charge in [0, 0.05) is 23.8 Å². The minimum atomic E-state index is -0.152. The van der Waals surface area contributed by atoms with Crippen molar-refractivity contribution in [2.45, 2.75) is 0 Å². The summed E-state index contributed by atoms with van der Waals surface area (Å²) in [6.07, 6.45) is 6.40. The zero-order valence-electron chi connectivity index (χ0n) is 8.20. The van der Waals surface area contributed by atoms with Crippen LogP contribution in [0.3, 0.4) is 0 Å². The second-order valence-electron chi connectivity index (χ2n) is 3.26. The lowest BCUT2D eigenvalue weighted by molar-refractivity contribution is 0.140. The van der Waals surface area contributed by atoms with Gasteiger partial charge in [0.1, 0.15) is 6.26 Å². The third-order valence-corrected chi connectivity index (χ3v) is 2.30. The Labute approximate surface area is 90.3 Å². The van der Waals surface area contributed by atoms with Crippen LogP contribution in [0.5, 0.6) is 0 Å². The third kappa shape index (κ3) is 1.24. The minimum absolute atomic E-state index is 0.152. The Balaban J connectivity index is 2.32. The average Bonchev–Trinajstić information content (AvgIpc) is 2.82. The topological polar surface area (TPSA) is 59.4 Å². The van der Waals surface area contributed by atoms with Gasteiger partial charge in [-0.1, -0.05) is 0 Å². The van der Waals surface area contributed by atoms with Crippen LogP contribution in [-0.4, -0.2) is 9.66 Å². The first-order valence-corrected chi connectivity index (χ1v) is 4.69. The summed E-state index contributed by atoms with van der Waals surface area (Å²) in [5.74, 6) is 0. The zero-order valence-corrected chi connectivity index (χ0v) is 8.20. The number of rotatable bonds is 1. The van der Waals surface area contributed by atoms with E-state index < -0.39 is 0 Å². The molecule has 1 aliphatic heterocycles. The fourth-order valence-corrected chi connectivity index (χ4v) is 1.60. The van der Waals surface area contributed by atoms with Crippen LogP contribution >= 0.6 is 0 Å². The van der Waals surface area contributed by atoms with E-state index >= 15 is 0 Å². The lowest BCUT2D eigenvalue weighted by Gasteiger charge is -2.18. The van der Waals surface area contributed by atoms with Crippen LogP contribution in [0.2, 0.25) is 0 Å². The van der Waals surface area contributed by atoms with Crippen molar-refractivity contribution in [2.24, 2.45) is 0 Å². The van der Waals surface area contributed by atoms with Gasteiger partial charge in [-0.25, -0.2) is 0 Å². The van der Waals surface area contributed by atoms with Gasteiger partial charge in [0.2, 0.25) is 0 Å². The molecule has 0 aliphatic carbocycles. The number of hydrogen-bond acceptors (Lipinski definition) is 5. The van der Waals surface area contributed by atoms with E-state index in [1.54, 1.807) is 30.7 Å². The van der Waals surface area contributed by atoms with Crippen molar-refractivity contribution in [1.82, 2.24) is 15.2 Å². The van der Waals surface area contributed by atoms with Gasteiger partial charge in [0.05, 0.1) is 11.7 Å². The molecule has 2 aromatic rings. The van der Waals surface area contributed by atoms with Crippen molar-refractivity contribution in [3.05, 3.63) is 53.4 Å². The molecular weight excluding hydrogens is 208 g/mol. The molecule has 6 heteroatoms. The Morgan fingerprint density at radius 3 is 3.06 bits per heavy atom. The molecule has 6 nitrogen and oxygen atoms in total. The molecule has 0 saturated heterocycles. The van der Waals surface area contributed by atoms with Crippen molar-refractivity contribution < 1.29 is 4.84 Å². The van der Waals surface area contributed by atoms with Crippen molar-refractivity contribution in [3.8, 4) is 0 Å². The van der Waals surface area contributed by atoms with Gasteiger partial charge in [0.25, 0.3) is 5.56 Å². The number of hydrazine groups is 1. The van der Waals surface area contributed by atoms with Crippen molar-refractivity contribution >= 4 is 10.9 Å². The zero-order chi connectivity index (χ0) is 11.0. The largest absolute Gasteiger partial charge is 0.394 e. The molecule has 0 amide bonds. The summed E-state index contributed by atoms with van der Waals surface area (Å²) in [6.45, 7) is 0. The van der Waals surface area contributed by atoms with Crippen LogP contribution in [-0.2, 0) is 4.84 Å². The Morgan fingerprint density at radius 1 is 1.31 bits per heavy atom. The first-order valence-electron chi connectivity index (χ1n) is 4.69. The maximum absolute atomic E-state index is 11.8. The minimum Gasteiger partial charge on any atom is -0.394 e. The van der Waals surface area contributed by atoms with Crippen LogP contribution in [0.4, 0.5) is 0 Å². The van der Waals surface area contributed by atoms with E-state index in [0.717, 1.165) is 10.9 Å². The van der Waals surface area contributed by atoms with Crippen LogP contribution in [0.25, 0.3) is 10.9 Å². The van der Waals surface area contributed by atoms with Crippen molar-refractivity contribution in [2.75, 3.05) is 5.12 Å². The Kier molecular flexibility index (Phi) is 1.87. The molecule has 1 aliphatic rings. The van der Waals surface area contributed by atoms with Crippen molar-refractivity contribution in [1.29, 1.82) is 0 Å². The number of aromatic nitrogens is 2. The molecule has 0 fully saturated rings. The number of hydrogen-bond donors (Lipinski definition) is 1. The standard InChI is InChI=1S/C10H8N4O2/c15-10-2-1-8-7-11-4-3-9(8)14(10)13-5-6-16-12-13/h1-7,12H. The Hall–Kier alpha value is -2.34.